The number of nitrogens with zero attached hydrogens (tertiary/aromatic N) is 2. The van der Waals surface area contributed by atoms with E-state index in [1.807, 2.05) is 17.5 Å². The van der Waals surface area contributed by atoms with Crippen molar-refractivity contribution in [3.63, 3.8) is 0 Å². The Morgan fingerprint density at radius 2 is 2.12 bits per heavy atom. The first-order valence-corrected chi connectivity index (χ1v) is 9.21. The molecule has 1 atom stereocenters. The highest BCUT2D eigenvalue weighted by Crippen LogP contribution is 2.36. The Hall–Kier alpha value is -2.54. The third-order valence-electron chi connectivity index (χ3n) is 4.50. The van der Waals surface area contributed by atoms with E-state index >= 15 is 0 Å². The van der Waals surface area contributed by atoms with E-state index in [1.54, 1.807) is 60.6 Å². The van der Waals surface area contributed by atoms with E-state index in [2.05, 4.69) is 0 Å². The minimum absolute atomic E-state index is 0.0123. The summed E-state index contributed by atoms with van der Waals surface area (Å²) in [5.74, 6) is 0.774. The van der Waals surface area contributed by atoms with Gasteiger partial charge in [0.15, 0.2) is 0 Å². The van der Waals surface area contributed by atoms with Gasteiger partial charge in [-0.25, -0.2) is 0 Å². The molecule has 1 aliphatic rings. The molecule has 0 bridgehead atoms. The van der Waals surface area contributed by atoms with Crippen LogP contribution in [0.4, 0.5) is 5.69 Å². The van der Waals surface area contributed by atoms with Crippen LogP contribution in [0.2, 0.25) is 0 Å². The minimum atomic E-state index is -0.348. The van der Waals surface area contributed by atoms with E-state index in [9.17, 15) is 9.59 Å². The Morgan fingerprint density at radius 3 is 2.77 bits per heavy atom. The van der Waals surface area contributed by atoms with Crippen molar-refractivity contribution in [2.24, 2.45) is 5.92 Å². The lowest BCUT2D eigenvalue weighted by Gasteiger charge is -2.22. The second-order valence-corrected chi connectivity index (χ2v) is 7.25. The zero-order chi connectivity index (χ0) is 18.7. The predicted octanol–water partition coefficient (Wildman–Crippen LogP) is 2.78. The van der Waals surface area contributed by atoms with Crippen LogP contribution in [0.5, 0.6) is 11.5 Å². The van der Waals surface area contributed by atoms with E-state index in [-0.39, 0.29) is 24.2 Å². The molecular formula is C19H22N2O4S. The van der Waals surface area contributed by atoms with Crippen LogP contribution in [0.15, 0.2) is 35.7 Å². The lowest BCUT2D eigenvalue weighted by molar-refractivity contribution is -0.135. The van der Waals surface area contributed by atoms with Crippen molar-refractivity contribution >= 4 is 28.8 Å². The predicted molar refractivity (Wildman–Crippen MR) is 101 cm³/mol. The summed E-state index contributed by atoms with van der Waals surface area (Å²) in [4.78, 5) is 29.7. The fourth-order valence-corrected chi connectivity index (χ4v) is 3.90. The number of rotatable bonds is 6. The monoisotopic (exact) mass is 374 g/mol. The average molecular weight is 374 g/mol. The number of hydrogen-bond donors (Lipinski definition) is 0. The van der Waals surface area contributed by atoms with Crippen molar-refractivity contribution in [1.29, 1.82) is 0 Å². The zero-order valence-corrected chi connectivity index (χ0v) is 15.9. The number of amides is 2. The number of thiophene rings is 1. The summed E-state index contributed by atoms with van der Waals surface area (Å²) in [6, 6.07) is 9.28. The topological polar surface area (TPSA) is 59.1 Å². The lowest BCUT2D eigenvalue weighted by atomic mass is 10.1. The molecule has 2 amide bonds. The Kier molecular flexibility index (Phi) is 5.46. The molecule has 0 radical (unpaired) electrons. The fraction of sp³-hybridized carbons (Fsp3) is 0.368. The van der Waals surface area contributed by atoms with Crippen LogP contribution in [0, 0.1) is 5.92 Å². The molecule has 0 spiro atoms. The van der Waals surface area contributed by atoms with Gasteiger partial charge in [0, 0.05) is 31.0 Å². The van der Waals surface area contributed by atoms with E-state index in [1.165, 1.54) is 0 Å². The van der Waals surface area contributed by atoms with Gasteiger partial charge in [0.1, 0.15) is 11.5 Å². The summed E-state index contributed by atoms with van der Waals surface area (Å²) in [6.45, 7) is 0.919. The Labute approximate surface area is 156 Å². The third kappa shape index (κ3) is 3.67. The maximum atomic E-state index is 12.7. The molecule has 0 aliphatic carbocycles. The second kappa shape index (κ2) is 7.78. The van der Waals surface area contributed by atoms with Gasteiger partial charge in [0.05, 0.1) is 32.4 Å². The van der Waals surface area contributed by atoms with Gasteiger partial charge in [0.2, 0.25) is 11.8 Å². The molecule has 26 heavy (non-hydrogen) atoms. The number of methoxy groups -OCH3 is 2. The third-order valence-corrected chi connectivity index (χ3v) is 5.36. The van der Waals surface area contributed by atoms with Gasteiger partial charge in [-0.05, 0) is 23.6 Å². The highest BCUT2D eigenvalue weighted by Gasteiger charge is 2.37. The van der Waals surface area contributed by atoms with Crippen molar-refractivity contribution in [3.05, 3.63) is 40.6 Å². The van der Waals surface area contributed by atoms with Crippen LogP contribution in [-0.2, 0) is 16.1 Å². The van der Waals surface area contributed by atoms with Crippen molar-refractivity contribution in [1.82, 2.24) is 4.90 Å². The standard InChI is InChI=1S/C19H22N2O4S/c1-20(12-15-5-4-8-26-15)19(23)13-9-18(22)21(11-13)16-7-6-14(24-2)10-17(16)25-3/h4-8,10,13H,9,11-12H2,1-3H3. The van der Waals surface area contributed by atoms with E-state index in [4.69, 9.17) is 9.47 Å². The summed E-state index contributed by atoms with van der Waals surface area (Å²) >= 11 is 1.62. The fourth-order valence-electron chi connectivity index (χ4n) is 3.14. The first-order valence-electron chi connectivity index (χ1n) is 8.33. The average Bonchev–Trinajstić information content (AvgIpc) is 3.30. The molecule has 1 aromatic carbocycles. The summed E-state index contributed by atoms with van der Waals surface area (Å²) in [5.41, 5.74) is 0.662. The maximum Gasteiger partial charge on any atom is 0.228 e. The maximum absolute atomic E-state index is 12.7. The van der Waals surface area contributed by atoms with Crippen LogP contribution in [0.3, 0.4) is 0 Å². The molecule has 138 valence electrons. The van der Waals surface area contributed by atoms with Gasteiger partial charge < -0.3 is 19.3 Å². The quantitative estimate of drug-likeness (QED) is 0.780. The molecule has 1 aliphatic heterocycles. The van der Waals surface area contributed by atoms with Crippen molar-refractivity contribution < 1.29 is 19.1 Å². The number of benzene rings is 1. The van der Waals surface area contributed by atoms with E-state index in [0.29, 0.717) is 30.3 Å². The van der Waals surface area contributed by atoms with Crippen LogP contribution in [-0.4, -0.2) is 44.5 Å². The van der Waals surface area contributed by atoms with E-state index < -0.39 is 0 Å². The smallest absolute Gasteiger partial charge is 0.228 e. The van der Waals surface area contributed by atoms with Gasteiger partial charge in [-0.2, -0.15) is 0 Å². The van der Waals surface area contributed by atoms with Crippen LogP contribution < -0.4 is 14.4 Å². The molecular weight excluding hydrogens is 352 g/mol. The number of carbonyl (C=O) groups is 2. The summed E-state index contributed by atoms with van der Waals surface area (Å²) in [6.07, 6.45) is 0.211. The van der Waals surface area contributed by atoms with Crippen molar-refractivity contribution in [3.8, 4) is 11.5 Å². The first kappa shape index (κ1) is 18.3. The van der Waals surface area contributed by atoms with Crippen molar-refractivity contribution in [2.45, 2.75) is 13.0 Å². The van der Waals surface area contributed by atoms with Gasteiger partial charge in [-0.1, -0.05) is 6.07 Å². The normalized spacial score (nSPS) is 16.7. The van der Waals surface area contributed by atoms with Crippen LogP contribution in [0.1, 0.15) is 11.3 Å². The lowest BCUT2D eigenvalue weighted by Crippen LogP contribution is -2.34. The Bertz CT molecular complexity index is 791. The van der Waals surface area contributed by atoms with Gasteiger partial charge in [-0.15, -0.1) is 11.3 Å². The van der Waals surface area contributed by atoms with Gasteiger partial charge in [0.25, 0.3) is 0 Å². The minimum Gasteiger partial charge on any atom is -0.497 e. The highest BCUT2D eigenvalue weighted by atomic mass is 32.1. The largest absolute Gasteiger partial charge is 0.497 e. The van der Waals surface area contributed by atoms with Gasteiger partial charge >= 0.3 is 0 Å². The van der Waals surface area contributed by atoms with Gasteiger partial charge in [-0.3, -0.25) is 9.59 Å². The Balaban J connectivity index is 1.73. The first-order chi connectivity index (χ1) is 12.5. The molecule has 2 aromatic rings. The molecule has 1 saturated heterocycles. The summed E-state index contributed by atoms with van der Waals surface area (Å²) in [7, 11) is 4.91. The molecule has 6 nitrogen and oxygen atoms in total. The number of carbonyl (C=O) groups excluding carboxylic acids is 2. The number of ether oxygens (including phenoxy) is 2. The molecule has 0 N–H and O–H groups in total. The Morgan fingerprint density at radius 1 is 1.31 bits per heavy atom. The van der Waals surface area contributed by atoms with Crippen molar-refractivity contribution in [2.75, 3.05) is 32.7 Å². The molecule has 1 aromatic heterocycles. The second-order valence-electron chi connectivity index (χ2n) is 6.22. The molecule has 1 unspecified atom stereocenters. The zero-order valence-electron chi connectivity index (χ0n) is 15.1. The molecule has 0 saturated carbocycles. The SMILES string of the molecule is COc1ccc(N2CC(C(=O)N(C)Cc3cccs3)CC2=O)c(OC)c1. The van der Waals surface area contributed by atoms with Crippen LogP contribution in [0.25, 0.3) is 0 Å². The highest BCUT2D eigenvalue weighted by molar-refractivity contribution is 7.09. The van der Waals surface area contributed by atoms with E-state index in [0.717, 1.165) is 4.88 Å². The molecule has 7 heteroatoms. The molecule has 2 heterocycles. The molecule has 1 fully saturated rings. The number of anilines is 1. The summed E-state index contributed by atoms with van der Waals surface area (Å²) < 4.78 is 10.6. The number of hydrogen-bond acceptors (Lipinski definition) is 5. The molecule has 3 rings (SSSR count). The van der Waals surface area contributed by atoms with Crippen LogP contribution >= 0.6 is 11.3 Å². The summed E-state index contributed by atoms with van der Waals surface area (Å²) in [5, 5.41) is 1.99.